The molecule has 0 saturated carbocycles. The molecule has 0 saturated heterocycles. The van der Waals surface area contributed by atoms with Crippen LogP contribution in [0.2, 0.25) is 0 Å². The van der Waals surface area contributed by atoms with Crippen LogP contribution in [-0.4, -0.2) is 20.7 Å². The van der Waals surface area contributed by atoms with Crippen molar-refractivity contribution in [2.75, 3.05) is 11.6 Å². The normalized spacial score (nSPS) is 13.1. The number of amides is 2. The SMILES string of the molecule is CC(c1ccc(NC(N)=O)cc1)S(C)(=O)=O. The number of sulfone groups is 1. The average Bonchev–Trinajstić information content (AvgIpc) is 2.15. The molecule has 0 aliphatic heterocycles. The van der Waals surface area contributed by atoms with Crippen LogP contribution in [0.25, 0.3) is 0 Å². The first kappa shape index (κ1) is 12.5. The minimum absolute atomic E-state index is 0.539. The summed E-state index contributed by atoms with van der Waals surface area (Å²) in [7, 11) is -3.10. The Kier molecular flexibility index (Phi) is 3.54. The molecule has 1 unspecified atom stereocenters. The van der Waals surface area contributed by atoms with E-state index < -0.39 is 21.1 Å². The van der Waals surface area contributed by atoms with Crippen LogP contribution in [0.15, 0.2) is 24.3 Å². The van der Waals surface area contributed by atoms with Gasteiger partial charge in [-0.3, -0.25) is 0 Å². The first-order valence-electron chi connectivity index (χ1n) is 4.66. The van der Waals surface area contributed by atoms with E-state index in [0.29, 0.717) is 11.3 Å². The molecule has 0 aliphatic carbocycles. The predicted molar refractivity (Wildman–Crippen MR) is 62.9 cm³/mol. The number of carbonyl (C=O) groups is 1. The number of hydrogen-bond donors (Lipinski definition) is 2. The van der Waals surface area contributed by atoms with E-state index in [0.717, 1.165) is 0 Å². The largest absolute Gasteiger partial charge is 0.351 e. The molecule has 3 N–H and O–H groups in total. The van der Waals surface area contributed by atoms with Crippen LogP contribution >= 0.6 is 0 Å². The quantitative estimate of drug-likeness (QED) is 0.836. The Morgan fingerprint density at radius 1 is 1.31 bits per heavy atom. The third kappa shape index (κ3) is 3.23. The van der Waals surface area contributed by atoms with Crippen molar-refractivity contribution >= 4 is 21.6 Å². The van der Waals surface area contributed by atoms with E-state index in [-0.39, 0.29) is 0 Å². The van der Waals surface area contributed by atoms with Crippen molar-refractivity contribution in [3.05, 3.63) is 29.8 Å². The molecule has 1 aromatic rings. The maximum absolute atomic E-state index is 11.3. The Balaban J connectivity index is 2.91. The van der Waals surface area contributed by atoms with Gasteiger partial charge in [0.15, 0.2) is 9.84 Å². The molecule has 0 aromatic heterocycles. The first-order valence-corrected chi connectivity index (χ1v) is 6.61. The second-order valence-electron chi connectivity index (χ2n) is 3.58. The number of carbonyl (C=O) groups excluding carboxylic acids is 1. The van der Waals surface area contributed by atoms with Crippen LogP contribution in [0.1, 0.15) is 17.7 Å². The molecule has 0 radical (unpaired) electrons. The van der Waals surface area contributed by atoms with E-state index in [9.17, 15) is 13.2 Å². The molecule has 6 heteroatoms. The summed E-state index contributed by atoms with van der Waals surface area (Å²) < 4.78 is 22.6. The number of benzene rings is 1. The number of nitrogens with one attached hydrogen (secondary N) is 1. The summed E-state index contributed by atoms with van der Waals surface area (Å²) in [5.41, 5.74) is 6.16. The number of nitrogens with two attached hydrogens (primary N) is 1. The van der Waals surface area contributed by atoms with Gasteiger partial charge in [0.25, 0.3) is 0 Å². The van der Waals surface area contributed by atoms with E-state index in [1.807, 2.05) is 0 Å². The summed E-state index contributed by atoms with van der Waals surface area (Å²) in [6.07, 6.45) is 1.19. The lowest BCUT2D eigenvalue weighted by molar-refractivity contribution is 0.259. The highest BCUT2D eigenvalue weighted by Crippen LogP contribution is 2.22. The van der Waals surface area contributed by atoms with Gasteiger partial charge >= 0.3 is 6.03 Å². The molecule has 0 aliphatic rings. The molecule has 5 nitrogen and oxygen atoms in total. The lowest BCUT2D eigenvalue weighted by atomic mass is 10.1. The van der Waals surface area contributed by atoms with Crippen LogP contribution in [0, 0.1) is 0 Å². The fourth-order valence-electron chi connectivity index (χ4n) is 1.23. The number of anilines is 1. The van der Waals surface area contributed by atoms with Gasteiger partial charge in [-0.05, 0) is 24.6 Å². The van der Waals surface area contributed by atoms with Gasteiger partial charge in [0, 0.05) is 11.9 Å². The second-order valence-corrected chi connectivity index (χ2v) is 5.95. The van der Waals surface area contributed by atoms with Gasteiger partial charge in [0.2, 0.25) is 0 Å². The van der Waals surface area contributed by atoms with Crippen LogP contribution < -0.4 is 11.1 Å². The Bertz CT molecular complexity index is 479. The molecule has 0 bridgehead atoms. The van der Waals surface area contributed by atoms with Gasteiger partial charge in [-0.1, -0.05) is 12.1 Å². The lowest BCUT2D eigenvalue weighted by Gasteiger charge is -2.10. The first-order chi connectivity index (χ1) is 7.30. The molecule has 1 atom stereocenters. The molecule has 1 aromatic carbocycles. The number of primary amides is 1. The third-order valence-electron chi connectivity index (χ3n) is 2.29. The Labute approximate surface area is 94.6 Å². The van der Waals surface area contributed by atoms with Gasteiger partial charge < -0.3 is 11.1 Å². The van der Waals surface area contributed by atoms with Crippen LogP contribution in [0.4, 0.5) is 10.5 Å². The van der Waals surface area contributed by atoms with Crippen molar-refractivity contribution in [1.29, 1.82) is 0 Å². The Hall–Kier alpha value is -1.56. The van der Waals surface area contributed by atoms with Gasteiger partial charge in [-0.2, -0.15) is 0 Å². The smallest absolute Gasteiger partial charge is 0.316 e. The van der Waals surface area contributed by atoms with E-state index in [4.69, 9.17) is 5.73 Å². The maximum atomic E-state index is 11.3. The molecule has 1 rings (SSSR count). The standard InChI is InChI=1S/C10H14N2O3S/c1-7(16(2,14)15)8-3-5-9(6-4-8)12-10(11)13/h3-7H,1-2H3,(H3,11,12,13). The second kappa shape index (κ2) is 4.52. The van der Waals surface area contributed by atoms with Crippen molar-refractivity contribution in [1.82, 2.24) is 0 Å². The average molecular weight is 242 g/mol. The zero-order chi connectivity index (χ0) is 12.3. The number of hydrogen-bond acceptors (Lipinski definition) is 3. The molecule has 88 valence electrons. The van der Waals surface area contributed by atoms with E-state index in [2.05, 4.69) is 5.32 Å². The fraction of sp³-hybridized carbons (Fsp3) is 0.300. The fourth-order valence-corrected chi connectivity index (χ4v) is 1.88. The summed E-state index contributed by atoms with van der Waals surface area (Å²) in [6, 6.07) is 5.88. The third-order valence-corrected chi connectivity index (χ3v) is 3.85. The summed E-state index contributed by atoms with van der Waals surface area (Å²) in [4.78, 5) is 10.6. The molecule has 0 fully saturated rings. The highest BCUT2D eigenvalue weighted by Gasteiger charge is 2.16. The van der Waals surface area contributed by atoms with Crippen molar-refractivity contribution < 1.29 is 13.2 Å². The van der Waals surface area contributed by atoms with E-state index >= 15 is 0 Å². The summed E-state index contributed by atoms with van der Waals surface area (Å²) in [5, 5.41) is 1.84. The van der Waals surface area contributed by atoms with Crippen molar-refractivity contribution in [2.45, 2.75) is 12.2 Å². The van der Waals surface area contributed by atoms with Crippen LogP contribution in [0.5, 0.6) is 0 Å². The van der Waals surface area contributed by atoms with Crippen LogP contribution in [-0.2, 0) is 9.84 Å². The lowest BCUT2D eigenvalue weighted by Crippen LogP contribution is -2.19. The van der Waals surface area contributed by atoms with Crippen molar-refractivity contribution in [3.8, 4) is 0 Å². The monoisotopic (exact) mass is 242 g/mol. The van der Waals surface area contributed by atoms with Crippen LogP contribution in [0.3, 0.4) is 0 Å². The molecule has 0 spiro atoms. The van der Waals surface area contributed by atoms with E-state index in [1.165, 1.54) is 6.26 Å². The molecule has 2 amide bonds. The molecular formula is C10H14N2O3S. The van der Waals surface area contributed by atoms with Crippen molar-refractivity contribution in [2.24, 2.45) is 5.73 Å². The maximum Gasteiger partial charge on any atom is 0.316 e. The minimum Gasteiger partial charge on any atom is -0.351 e. The Morgan fingerprint density at radius 3 is 2.19 bits per heavy atom. The zero-order valence-electron chi connectivity index (χ0n) is 9.10. The minimum atomic E-state index is -3.10. The predicted octanol–water partition coefficient (Wildman–Crippen LogP) is 1.28. The zero-order valence-corrected chi connectivity index (χ0v) is 9.91. The van der Waals surface area contributed by atoms with Crippen molar-refractivity contribution in [3.63, 3.8) is 0 Å². The topological polar surface area (TPSA) is 89.3 Å². The molecular weight excluding hydrogens is 228 g/mol. The molecule has 0 heterocycles. The number of urea groups is 1. The van der Waals surface area contributed by atoms with Gasteiger partial charge in [0.05, 0.1) is 5.25 Å². The summed E-state index contributed by atoms with van der Waals surface area (Å²) in [6.45, 7) is 1.62. The summed E-state index contributed by atoms with van der Waals surface area (Å²) >= 11 is 0. The highest BCUT2D eigenvalue weighted by molar-refractivity contribution is 7.90. The Morgan fingerprint density at radius 2 is 1.81 bits per heavy atom. The number of rotatable bonds is 3. The molecule has 16 heavy (non-hydrogen) atoms. The summed E-state index contributed by atoms with van der Waals surface area (Å²) in [5.74, 6) is 0. The van der Waals surface area contributed by atoms with Gasteiger partial charge in [-0.15, -0.1) is 0 Å². The van der Waals surface area contributed by atoms with Gasteiger partial charge in [0.1, 0.15) is 0 Å². The van der Waals surface area contributed by atoms with E-state index in [1.54, 1.807) is 31.2 Å². The van der Waals surface area contributed by atoms with Gasteiger partial charge in [-0.25, -0.2) is 13.2 Å². The highest BCUT2D eigenvalue weighted by atomic mass is 32.2.